The fourth-order valence-electron chi connectivity index (χ4n) is 0.946. The van der Waals surface area contributed by atoms with Crippen LogP contribution in [0.15, 0.2) is 24.3 Å². The summed E-state index contributed by atoms with van der Waals surface area (Å²) < 4.78 is 0. The molecule has 1 aliphatic carbocycles. The lowest BCUT2D eigenvalue weighted by Crippen LogP contribution is -1.99. The molecule has 1 fully saturated rings. The summed E-state index contributed by atoms with van der Waals surface area (Å²) in [4.78, 5) is 0. The maximum Gasteiger partial charge on any atom is 0.0342 e. The summed E-state index contributed by atoms with van der Waals surface area (Å²) in [6.45, 7) is 0. The first-order valence-electron chi connectivity index (χ1n) is 3.68. The molecule has 0 heterocycles. The van der Waals surface area contributed by atoms with E-state index in [1.165, 1.54) is 18.5 Å². The highest BCUT2D eigenvalue weighted by atomic mass is 14.9. The highest BCUT2D eigenvalue weighted by Gasteiger charge is 2.20. The first-order chi connectivity index (χ1) is 4.95. The van der Waals surface area contributed by atoms with E-state index in [0.717, 1.165) is 6.04 Å². The van der Waals surface area contributed by atoms with E-state index in [-0.39, 0.29) is 0 Å². The Morgan fingerprint density at radius 1 is 1.30 bits per heavy atom. The Morgan fingerprint density at radius 3 is 2.60 bits per heavy atom. The lowest BCUT2D eigenvalue weighted by molar-refractivity contribution is 1.16. The second-order valence-electron chi connectivity index (χ2n) is 2.71. The van der Waals surface area contributed by atoms with Crippen LogP contribution < -0.4 is 5.32 Å². The molecule has 51 valence electrons. The van der Waals surface area contributed by atoms with Crippen LogP contribution in [-0.2, 0) is 0 Å². The van der Waals surface area contributed by atoms with Crippen molar-refractivity contribution in [2.24, 2.45) is 0 Å². The molecule has 1 N–H and O–H groups in total. The molecular formula is C9H10N. The Kier molecular flexibility index (Phi) is 1.35. The second kappa shape index (κ2) is 2.33. The summed E-state index contributed by atoms with van der Waals surface area (Å²) >= 11 is 0. The van der Waals surface area contributed by atoms with Gasteiger partial charge in [-0.15, -0.1) is 0 Å². The van der Waals surface area contributed by atoms with Crippen LogP contribution in [0.1, 0.15) is 12.8 Å². The third kappa shape index (κ3) is 1.29. The maximum absolute atomic E-state index is 3.40. The SMILES string of the molecule is [c]1ccc(NC2CC2)cc1. The van der Waals surface area contributed by atoms with Gasteiger partial charge in [-0.2, -0.15) is 0 Å². The first-order valence-corrected chi connectivity index (χ1v) is 3.68. The molecule has 0 bridgehead atoms. The van der Waals surface area contributed by atoms with Crippen LogP contribution in [0.5, 0.6) is 0 Å². The van der Waals surface area contributed by atoms with Crippen molar-refractivity contribution in [1.82, 2.24) is 0 Å². The van der Waals surface area contributed by atoms with Crippen molar-refractivity contribution < 1.29 is 0 Å². The molecule has 0 saturated heterocycles. The molecule has 0 atom stereocenters. The minimum absolute atomic E-state index is 0.752. The van der Waals surface area contributed by atoms with E-state index in [1.807, 2.05) is 12.1 Å². The Hall–Kier alpha value is -0.980. The third-order valence-corrected chi connectivity index (χ3v) is 1.67. The van der Waals surface area contributed by atoms with Gasteiger partial charge in [0.05, 0.1) is 0 Å². The zero-order valence-electron chi connectivity index (χ0n) is 5.80. The summed E-state index contributed by atoms with van der Waals surface area (Å²) in [5, 5.41) is 3.40. The molecule has 10 heavy (non-hydrogen) atoms. The number of hydrogen-bond donors (Lipinski definition) is 1. The van der Waals surface area contributed by atoms with Crippen LogP contribution in [0, 0.1) is 6.07 Å². The number of rotatable bonds is 2. The van der Waals surface area contributed by atoms with Crippen LogP contribution in [0.25, 0.3) is 0 Å². The third-order valence-electron chi connectivity index (χ3n) is 1.67. The van der Waals surface area contributed by atoms with E-state index in [4.69, 9.17) is 0 Å². The molecule has 0 unspecified atom stereocenters. The Morgan fingerprint density at radius 2 is 2.00 bits per heavy atom. The van der Waals surface area contributed by atoms with Crippen LogP contribution in [-0.4, -0.2) is 6.04 Å². The van der Waals surface area contributed by atoms with Crippen molar-refractivity contribution in [3.05, 3.63) is 30.3 Å². The first kappa shape index (κ1) is 5.78. The molecule has 1 saturated carbocycles. The summed E-state index contributed by atoms with van der Waals surface area (Å²) in [5.41, 5.74) is 1.22. The van der Waals surface area contributed by atoms with Gasteiger partial charge < -0.3 is 5.32 Å². The van der Waals surface area contributed by atoms with Gasteiger partial charge in [0.25, 0.3) is 0 Å². The Labute approximate surface area is 61.1 Å². The van der Waals surface area contributed by atoms with E-state index in [9.17, 15) is 0 Å². The number of anilines is 1. The molecule has 1 aromatic rings. The monoisotopic (exact) mass is 132 g/mol. The zero-order valence-corrected chi connectivity index (χ0v) is 5.80. The van der Waals surface area contributed by atoms with Gasteiger partial charge in [0.15, 0.2) is 0 Å². The zero-order chi connectivity index (χ0) is 6.81. The molecule has 1 aromatic carbocycles. The maximum atomic E-state index is 3.40. The van der Waals surface area contributed by atoms with Crippen molar-refractivity contribution >= 4 is 5.69 Å². The number of nitrogens with one attached hydrogen (secondary N) is 1. The van der Waals surface area contributed by atoms with E-state index in [2.05, 4.69) is 23.5 Å². The van der Waals surface area contributed by atoms with E-state index in [1.54, 1.807) is 0 Å². The van der Waals surface area contributed by atoms with Crippen LogP contribution in [0.2, 0.25) is 0 Å². The smallest absolute Gasteiger partial charge is 0.0342 e. The number of benzene rings is 1. The summed E-state index contributed by atoms with van der Waals surface area (Å²) in [6.07, 6.45) is 2.66. The second-order valence-corrected chi connectivity index (χ2v) is 2.71. The van der Waals surface area contributed by atoms with Crippen molar-refractivity contribution in [3.8, 4) is 0 Å². The average molecular weight is 132 g/mol. The molecule has 1 heteroatoms. The molecule has 1 nitrogen and oxygen atoms in total. The van der Waals surface area contributed by atoms with Crippen LogP contribution in [0.4, 0.5) is 5.69 Å². The molecule has 0 amide bonds. The summed E-state index contributed by atoms with van der Waals surface area (Å²) in [5.74, 6) is 0. The highest BCUT2D eigenvalue weighted by Crippen LogP contribution is 2.23. The summed E-state index contributed by atoms with van der Waals surface area (Å²) in [7, 11) is 0. The number of hydrogen-bond acceptors (Lipinski definition) is 1. The molecule has 1 aliphatic rings. The van der Waals surface area contributed by atoms with Gasteiger partial charge in [0.1, 0.15) is 0 Å². The van der Waals surface area contributed by atoms with Crippen LogP contribution >= 0.6 is 0 Å². The molecule has 1 radical (unpaired) electrons. The standard InChI is InChI=1S/C9H10N/c1-2-4-8(5-3-1)10-9-6-7-9/h2-5,9-10H,6-7H2. The van der Waals surface area contributed by atoms with Gasteiger partial charge in [-0.05, 0) is 31.0 Å². The molecular weight excluding hydrogens is 122 g/mol. The Bertz CT molecular complexity index is 201. The lowest BCUT2D eigenvalue weighted by Gasteiger charge is -2.01. The molecule has 0 aromatic heterocycles. The van der Waals surface area contributed by atoms with Crippen LogP contribution in [0.3, 0.4) is 0 Å². The van der Waals surface area contributed by atoms with E-state index < -0.39 is 0 Å². The van der Waals surface area contributed by atoms with Crippen molar-refractivity contribution in [2.75, 3.05) is 5.32 Å². The largest absolute Gasteiger partial charge is 0.382 e. The van der Waals surface area contributed by atoms with E-state index >= 15 is 0 Å². The predicted octanol–water partition coefficient (Wildman–Crippen LogP) is 2.06. The quantitative estimate of drug-likeness (QED) is 0.649. The normalized spacial score (nSPS) is 16.8. The molecule has 0 aliphatic heterocycles. The van der Waals surface area contributed by atoms with Gasteiger partial charge in [-0.25, -0.2) is 0 Å². The topological polar surface area (TPSA) is 12.0 Å². The lowest BCUT2D eigenvalue weighted by atomic mass is 10.3. The fourth-order valence-corrected chi connectivity index (χ4v) is 0.946. The molecule has 2 rings (SSSR count). The fraction of sp³-hybridized carbons (Fsp3) is 0.333. The molecule has 0 spiro atoms. The van der Waals surface area contributed by atoms with Crippen molar-refractivity contribution in [3.63, 3.8) is 0 Å². The van der Waals surface area contributed by atoms with Crippen molar-refractivity contribution in [1.29, 1.82) is 0 Å². The van der Waals surface area contributed by atoms with Gasteiger partial charge in [-0.1, -0.05) is 12.1 Å². The average Bonchev–Trinajstić information content (AvgIpc) is 2.74. The van der Waals surface area contributed by atoms with Gasteiger partial charge in [0, 0.05) is 11.7 Å². The van der Waals surface area contributed by atoms with Gasteiger partial charge >= 0.3 is 0 Å². The highest BCUT2D eigenvalue weighted by molar-refractivity contribution is 5.44. The van der Waals surface area contributed by atoms with E-state index in [0.29, 0.717) is 0 Å². The van der Waals surface area contributed by atoms with Crippen molar-refractivity contribution in [2.45, 2.75) is 18.9 Å². The Balaban J connectivity index is 2.03. The van der Waals surface area contributed by atoms with Gasteiger partial charge in [-0.3, -0.25) is 0 Å². The van der Waals surface area contributed by atoms with Gasteiger partial charge in [0.2, 0.25) is 0 Å². The minimum Gasteiger partial charge on any atom is -0.382 e. The minimum atomic E-state index is 0.752. The summed E-state index contributed by atoms with van der Waals surface area (Å²) in [6, 6.07) is 11.7. The predicted molar refractivity (Wildman–Crippen MR) is 41.9 cm³/mol.